The van der Waals surface area contributed by atoms with Crippen LogP contribution in [-0.4, -0.2) is 17.0 Å². The molecule has 0 fully saturated rings. The first-order chi connectivity index (χ1) is 8.69. The first kappa shape index (κ1) is 12.8. The van der Waals surface area contributed by atoms with Crippen molar-refractivity contribution >= 4 is 17.6 Å². The molecule has 94 valence electrons. The van der Waals surface area contributed by atoms with Crippen molar-refractivity contribution in [3.8, 4) is 0 Å². The Labute approximate surface area is 108 Å². The minimum atomic E-state index is -0.836. The molecule has 0 bridgehead atoms. The van der Waals surface area contributed by atoms with Gasteiger partial charge in [0.15, 0.2) is 11.6 Å². The lowest BCUT2D eigenvalue weighted by Gasteiger charge is -2.03. The lowest BCUT2D eigenvalue weighted by atomic mass is 10.3. The van der Waals surface area contributed by atoms with Gasteiger partial charge in [-0.2, -0.15) is 0 Å². The monoisotopic (exact) mass is 267 g/mol. The van der Waals surface area contributed by atoms with Gasteiger partial charge in [-0.15, -0.1) is 11.8 Å². The molecule has 0 unspecified atom stereocenters. The third kappa shape index (κ3) is 3.16. The summed E-state index contributed by atoms with van der Waals surface area (Å²) in [5.41, 5.74) is 0.781. The van der Waals surface area contributed by atoms with Gasteiger partial charge in [0.25, 0.3) is 0 Å². The molecule has 0 spiro atoms. The molecule has 1 N–H and O–H groups in total. The second-order valence-electron chi connectivity index (χ2n) is 3.51. The van der Waals surface area contributed by atoms with Crippen LogP contribution in [-0.2, 0) is 5.75 Å². The fourth-order valence-corrected chi connectivity index (χ4v) is 2.10. The number of nitrogens with one attached hydrogen (secondary N) is 1. The zero-order chi connectivity index (χ0) is 13.0. The molecule has 0 saturated heterocycles. The maximum atomic E-state index is 13.0. The van der Waals surface area contributed by atoms with Crippen LogP contribution < -0.4 is 5.32 Å². The molecule has 3 nitrogen and oxygen atoms in total. The third-order valence-electron chi connectivity index (χ3n) is 2.24. The van der Waals surface area contributed by atoms with Crippen molar-refractivity contribution in [2.45, 2.75) is 10.6 Å². The van der Waals surface area contributed by atoms with Gasteiger partial charge in [0.05, 0.1) is 18.1 Å². The number of halogens is 2. The van der Waals surface area contributed by atoms with E-state index in [1.165, 1.54) is 17.8 Å². The third-order valence-corrected chi connectivity index (χ3v) is 3.27. The zero-order valence-electron chi connectivity index (χ0n) is 9.65. The largest absolute Gasteiger partial charge is 0.372 e. The van der Waals surface area contributed by atoms with E-state index in [9.17, 15) is 8.78 Å². The molecule has 0 aliphatic heterocycles. The topological polar surface area (TPSA) is 37.8 Å². The Hall–Kier alpha value is -1.69. The van der Waals surface area contributed by atoms with Gasteiger partial charge in [-0.3, -0.25) is 4.98 Å². The standard InChI is InChI=1S/C12H11F2N3S/c1-15-12-6-16-8(5-17-12)7-18-9-2-3-10(13)11(14)4-9/h2-6H,7H2,1H3,(H,15,17). The summed E-state index contributed by atoms with van der Waals surface area (Å²) in [4.78, 5) is 8.97. The van der Waals surface area contributed by atoms with Gasteiger partial charge in [0.2, 0.25) is 0 Å². The van der Waals surface area contributed by atoms with Crippen LogP contribution in [0.4, 0.5) is 14.6 Å². The lowest BCUT2D eigenvalue weighted by molar-refractivity contribution is 0.506. The van der Waals surface area contributed by atoms with Crippen molar-refractivity contribution in [1.82, 2.24) is 9.97 Å². The molecular formula is C12H11F2N3S. The number of anilines is 1. The molecule has 0 aliphatic rings. The molecule has 0 atom stereocenters. The molecule has 1 aromatic carbocycles. The summed E-state index contributed by atoms with van der Waals surface area (Å²) in [5.74, 6) is -0.423. The average molecular weight is 267 g/mol. The van der Waals surface area contributed by atoms with Crippen LogP contribution in [0.25, 0.3) is 0 Å². The van der Waals surface area contributed by atoms with E-state index in [1.54, 1.807) is 25.5 Å². The summed E-state index contributed by atoms with van der Waals surface area (Å²) in [6, 6.07) is 3.83. The van der Waals surface area contributed by atoms with Gasteiger partial charge in [0, 0.05) is 17.7 Å². The first-order valence-electron chi connectivity index (χ1n) is 5.25. The molecule has 1 aromatic heterocycles. The summed E-state index contributed by atoms with van der Waals surface area (Å²) >= 11 is 1.38. The van der Waals surface area contributed by atoms with Crippen LogP contribution in [0.1, 0.15) is 5.69 Å². The Bertz CT molecular complexity index is 531. The minimum Gasteiger partial charge on any atom is -0.372 e. The van der Waals surface area contributed by atoms with Gasteiger partial charge in [-0.25, -0.2) is 13.8 Å². The Balaban J connectivity index is 1.99. The highest BCUT2D eigenvalue weighted by atomic mass is 32.2. The molecule has 0 radical (unpaired) electrons. The first-order valence-corrected chi connectivity index (χ1v) is 6.24. The lowest BCUT2D eigenvalue weighted by Crippen LogP contribution is -1.95. The summed E-state index contributed by atoms with van der Waals surface area (Å²) < 4.78 is 25.7. The number of nitrogens with zero attached hydrogens (tertiary/aromatic N) is 2. The van der Waals surface area contributed by atoms with Gasteiger partial charge in [-0.1, -0.05) is 0 Å². The average Bonchev–Trinajstić information content (AvgIpc) is 2.41. The Morgan fingerprint density at radius 3 is 2.61 bits per heavy atom. The van der Waals surface area contributed by atoms with E-state index in [1.807, 2.05) is 0 Å². The summed E-state index contributed by atoms with van der Waals surface area (Å²) in [5, 5.41) is 2.87. The Morgan fingerprint density at radius 2 is 2.00 bits per heavy atom. The van der Waals surface area contributed by atoms with E-state index < -0.39 is 11.6 Å². The van der Waals surface area contributed by atoms with Gasteiger partial charge in [-0.05, 0) is 18.2 Å². The van der Waals surface area contributed by atoms with Crippen LogP contribution in [0.3, 0.4) is 0 Å². The second kappa shape index (κ2) is 5.77. The Morgan fingerprint density at radius 1 is 1.17 bits per heavy atom. The molecule has 2 aromatic rings. The summed E-state index contributed by atoms with van der Waals surface area (Å²) in [7, 11) is 1.76. The van der Waals surface area contributed by atoms with Crippen LogP contribution in [0.2, 0.25) is 0 Å². The molecule has 18 heavy (non-hydrogen) atoms. The molecule has 0 aliphatic carbocycles. The van der Waals surface area contributed by atoms with E-state index in [4.69, 9.17) is 0 Å². The minimum absolute atomic E-state index is 0.558. The zero-order valence-corrected chi connectivity index (χ0v) is 10.5. The van der Waals surface area contributed by atoms with Crippen LogP contribution in [0, 0.1) is 11.6 Å². The van der Waals surface area contributed by atoms with Crippen LogP contribution in [0.5, 0.6) is 0 Å². The fourth-order valence-electron chi connectivity index (χ4n) is 1.28. The van der Waals surface area contributed by atoms with Crippen molar-refractivity contribution in [2.75, 3.05) is 12.4 Å². The number of hydrogen-bond acceptors (Lipinski definition) is 4. The summed E-state index contributed by atoms with van der Waals surface area (Å²) in [6.45, 7) is 0. The fraction of sp³-hybridized carbons (Fsp3) is 0.167. The van der Waals surface area contributed by atoms with E-state index in [0.29, 0.717) is 16.5 Å². The quantitative estimate of drug-likeness (QED) is 0.864. The predicted molar refractivity (Wildman–Crippen MR) is 67.5 cm³/mol. The number of rotatable bonds is 4. The highest BCUT2D eigenvalue weighted by Crippen LogP contribution is 2.23. The van der Waals surface area contributed by atoms with E-state index in [0.717, 1.165) is 11.8 Å². The molecular weight excluding hydrogens is 256 g/mol. The number of aromatic nitrogens is 2. The highest BCUT2D eigenvalue weighted by molar-refractivity contribution is 7.98. The van der Waals surface area contributed by atoms with Crippen LogP contribution in [0.15, 0.2) is 35.5 Å². The molecule has 1 heterocycles. The Kier molecular flexibility index (Phi) is 4.09. The maximum Gasteiger partial charge on any atom is 0.159 e. The molecule has 0 saturated carbocycles. The van der Waals surface area contributed by atoms with E-state index >= 15 is 0 Å². The van der Waals surface area contributed by atoms with Crippen molar-refractivity contribution in [2.24, 2.45) is 0 Å². The predicted octanol–water partition coefficient (Wildman–Crippen LogP) is 3.09. The normalized spacial score (nSPS) is 10.4. The molecule has 0 amide bonds. The molecule has 6 heteroatoms. The second-order valence-corrected chi connectivity index (χ2v) is 4.56. The van der Waals surface area contributed by atoms with E-state index in [-0.39, 0.29) is 0 Å². The van der Waals surface area contributed by atoms with Crippen molar-refractivity contribution in [3.63, 3.8) is 0 Å². The van der Waals surface area contributed by atoms with Crippen molar-refractivity contribution in [1.29, 1.82) is 0 Å². The van der Waals surface area contributed by atoms with Gasteiger partial charge < -0.3 is 5.32 Å². The number of hydrogen-bond donors (Lipinski definition) is 1. The van der Waals surface area contributed by atoms with Gasteiger partial charge >= 0.3 is 0 Å². The van der Waals surface area contributed by atoms with Crippen molar-refractivity contribution in [3.05, 3.63) is 47.9 Å². The molecule has 2 rings (SSSR count). The van der Waals surface area contributed by atoms with Crippen LogP contribution >= 0.6 is 11.8 Å². The summed E-state index contributed by atoms with van der Waals surface area (Å²) in [6.07, 6.45) is 3.28. The highest BCUT2D eigenvalue weighted by Gasteiger charge is 2.04. The maximum absolute atomic E-state index is 13.0. The van der Waals surface area contributed by atoms with Gasteiger partial charge in [0.1, 0.15) is 5.82 Å². The van der Waals surface area contributed by atoms with E-state index in [2.05, 4.69) is 15.3 Å². The number of thioether (sulfide) groups is 1. The van der Waals surface area contributed by atoms with Crippen molar-refractivity contribution < 1.29 is 8.78 Å². The SMILES string of the molecule is CNc1cnc(CSc2ccc(F)c(F)c2)cn1. The number of benzene rings is 1. The smallest absolute Gasteiger partial charge is 0.159 e.